The zero-order valence-corrected chi connectivity index (χ0v) is 9.62. The van der Waals surface area contributed by atoms with Gasteiger partial charge in [-0.15, -0.1) is 0 Å². The van der Waals surface area contributed by atoms with Crippen molar-refractivity contribution in [2.24, 2.45) is 0 Å². The lowest BCUT2D eigenvalue weighted by Crippen LogP contribution is -2.22. The summed E-state index contributed by atoms with van der Waals surface area (Å²) >= 11 is 16.1. The summed E-state index contributed by atoms with van der Waals surface area (Å²) in [6, 6.07) is -0.121. The van der Waals surface area contributed by atoms with Crippen molar-refractivity contribution in [2.75, 3.05) is 13.7 Å². The van der Waals surface area contributed by atoms with E-state index in [1.54, 1.807) is 0 Å². The van der Waals surface area contributed by atoms with Gasteiger partial charge in [-0.1, -0.05) is 44.6 Å². The number of nitrogens with zero attached hydrogens (tertiary/aromatic N) is 4. The van der Waals surface area contributed by atoms with E-state index in [0.717, 1.165) is 0 Å². The highest BCUT2D eigenvalue weighted by atomic mass is 35.6. The van der Waals surface area contributed by atoms with E-state index in [1.807, 2.05) is 0 Å². The standard InChI is InChI=1S/C5H5Cl3N4O3/c1-14-3-9-10-11-12(3)4(13)15-2-5(6,7)8/h2H2,1H3. The molecule has 1 aromatic heterocycles. The van der Waals surface area contributed by atoms with Crippen LogP contribution < -0.4 is 4.74 Å². The van der Waals surface area contributed by atoms with Crippen molar-refractivity contribution >= 4 is 40.9 Å². The van der Waals surface area contributed by atoms with Gasteiger partial charge in [-0.25, -0.2) is 4.79 Å². The second-order valence-corrected chi connectivity index (χ2v) is 4.76. The molecule has 0 aliphatic carbocycles. The molecule has 0 bridgehead atoms. The van der Waals surface area contributed by atoms with Crippen LogP contribution in [0.1, 0.15) is 0 Å². The Kier molecular flexibility index (Phi) is 3.95. The fourth-order valence-electron chi connectivity index (χ4n) is 0.625. The van der Waals surface area contributed by atoms with E-state index in [2.05, 4.69) is 25.0 Å². The molecular formula is C5H5Cl3N4O3. The van der Waals surface area contributed by atoms with E-state index in [-0.39, 0.29) is 6.01 Å². The molecule has 15 heavy (non-hydrogen) atoms. The Hall–Kier alpha value is -0.790. The summed E-state index contributed by atoms with van der Waals surface area (Å²) in [6.07, 6.45) is -0.900. The number of carbonyl (C=O) groups excluding carboxylic acids is 1. The maximum Gasteiger partial charge on any atom is 0.440 e. The molecule has 0 spiro atoms. The average Bonchev–Trinajstić information content (AvgIpc) is 2.60. The van der Waals surface area contributed by atoms with E-state index in [0.29, 0.717) is 4.68 Å². The van der Waals surface area contributed by atoms with Gasteiger partial charge in [0.25, 0.3) is 0 Å². The third-order valence-electron chi connectivity index (χ3n) is 1.16. The Bertz CT molecular complexity index is 350. The summed E-state index contributed by atoms with van der Waals surface area (Å²) in [5.41, 5.74) is 0. The van der Waals surface area contributed by atoms with Crippen LogP contribution in [0.15, 0.2) is 0 Å². The van der Waals surface area contributed by atoms with Crippen molar-refractivity contribution in [2.45, 2.75) is 3.79 Å². The number of ether oxygens (including phenoxy) is 2. The summed E-state index contributed by atoms with van der Waals surface area (Å²) in [7, 11) is 1.30. The quantitative estimate of drug-likeness (QED) is 0.592. The predicted molar refractivity (Wildman–Crippen MR) is 51.4 cm³/mol. The lowest BCUT2D eigenvalue weighted by molar-refractivity contribution is 0.142. The number of aromatic nitrogens is 4. The Balaban J connectivity index is 2.62. The first-order valence-corrected chi connectivity index (χ1v) is 4.63. The Morgan fingerprint density at radius 2 is 2.20 bits per heavy atom. The number of alkyl halides is 3. The van der Waals surface area contributed by atoms with Gasteiger partial charge in [0.1, 0.15) is 6.61 Å². The molecular weight excluding hydrogens is 270 g/mol. The van der Waals surface area contributed by atoms with Crippen molar-refractivity contribution in [1.29, 1.82) is 0 Å². The van der Waals surface area contributed by atoms with Gasteiger partial charge in [0.05, 0.1) is 7.11 Å². The molecule has 10 heteroatoms. The fourth-order valence-corrected chi connectivity index (χ4v) is 0.789. The zero-order valence-electron chi connectivity index (χ0n) is 7.35. The van der Waals surface area contributed by atoms with Crippen LogP contribution in [0.3, 0.4) is 0 Å². The Morgan fingerprint density at radius 1 is 1.53 bits per heavy atom. The first-order valence-electron chi connectivity index (χ1n) is 3.50. The van der Waals surface area contributed by atoms with Crippen LogP contribution in [-0.4, -0.2) is 43.8 Å². The summed E-state index contributed by atoms with van der Waals surface area (Å²) in [5.74, 6) is 0. The second-order valence-electron chi connectivity index (χ2n) is 2.25. The molecule has 1 aromatic rings. The topological polar surface area (TPSA) is 79.1 Å². The molecule has 0 N–H and O–H groups in total. The van der Waals surface area contributed by atoms with Crippen LogP contribution in [0, 0.1) is 0 Å². The van der Waals surface area contributed by atoms with Crippen molar-refractivity contribution in [3.63, 3.8) is 0 Å². The van der Waals surface area contributed by atoms with Gasteiger partial charge >= 0.3 is 12.1 Å². The van der Waals surface area contributed by atoms with Crippen molar-refractivity contribution < 1.29 is 14.3 Å². The summed E-state index contributed by atoms with van der Waals surface area (Å²) in [6.45, 7) is -0.417. The van der Waals surface area contributed by atoms with Crippen molar-refractivity contribution in [1.82, 2.24) is 20.2 Å². The van der Waals surface area contributed by atoms with E-state index in [1.165, 1.54) is 7.11 Å². The van der Waals surface area contributed by atoms with Gasteiger partial charge in [0, 0.05) is 0 Å². The van der Waals surface area contributed by atoms with Crippen LogP contribution in [0.25, 0.3) is 0 Å². The Morgan fingerprint density at radius 3 is 2.73 bits per heavy atom. The first-order chi connectivity index (χ1) is 6.94. The lowest BCUT2D eigenvalue weighted by Gasteiger charge is -2.10. The molecule has 0 unspecified atom stereocenters. The lowest BCUT2D eigenvalue weighted by atomic mass is 10.8. The molecule has 0 atom stereocenters. The minimum atomic E-state index is -1.68. The number of tetrazole rings is 1. The molecule has 0 amide bonds. The summed E-state index contributed by atoms with van der Waals surface area (Å²) in [4.78, 5) is 11.3. The van der Waals surface area contributed by atoms with Crippen LogP contribution in [0.5, 0.6) is 6.01 Å². The minimum Gasteiger partial charge on any atom is -0.465 e. The summed E-state index contributed by atoms with van der Waals surface area (Å²) in [5, 5.41) is 9.89. The maximum absolute atomic E-state index is 11.3. The third-order valence-corrected chi connectivity index (χ3v) is 1.48. The largest absolute Gasteiger partial charge is 0.465 e. The van der Waals surface area contributed by atoms with E-state index in [9.17, 15) is 4.79 Å². The zero-order chi connectivity index (χ0) is 11.5. The summed E-state index contributed by atoms with van der Waals surface area (Å²) < 4.78 is 8.27. The smallest absolute Gasteiger partial charge is 0.440 e. The van der Waals surface area contributed by atoms with Gasteiger partial charge in [0.15, 0.2) is 0 Å². The molecule has 0 aliphatic rings. The fraction of sp³-hybridized carbons (Fsp3) is 0.600. The maximum atomic E-state index is 11.3. The van der Waals surface area contributed by atoms with E-state index in [4.69, 9.17) is 34.8 Å². The highest BCUT2D eigenvalue weighted by Crippen LogP contribution is 2.26. The molecule has 7 nitrogen and oxygen atoms in total. The van der Waals surface area contributed by atoms with E-state index < -0.39 is 16.5 Å². The van der Waals surface area contributed by atoms with Crippen molar-refractivity contribution in [3.05, 3.63) is 0 Å². The SMILES string of the molecule is COc1nnnn1C(=O)OCC(Cl)(Cl)Cl. The number of hydrogen-bond donors (Lipinski definition) is 0. The molecule has 0 saturated heterocycles. The number of methoxy groups -OCH3 is 1. The molecule has 1 heterocycles. The number of halogens is 3. The van der Waals surface area contributed by atoms with Gasteiger partial charge in [-0.05, 0) is 10.4 Å². The Labute approximate surface area is 99.2 Å². The molecule has 0 saturated carbocycles. The monoisotopic (exact) mass is 274 g/mol. The van der Waals surface area contributed by atoms with Gasteiger partial charge < -0.3 is 9.47 Å². The molecule has 0 radical (unpaired) electrons. The predicted octanol–water partition coefficient (Wildman–Crippen LogP) is 1.04. The van der Waals surface area contributed by atoms with Crippen LogP contribution >= 0.6 is 34.8 Å². The van der Waals surface area contributed by atoms with Gasteiger partial charge in [-0.3, -0.25) is 0 Å². The second kappa shape index (κ2) is 4.82. The van der Waals surface area contributed by atoms with Crippen LogP contribution in [0.4, 0.5) is 4.79 Å². The minimum absolute atomic E-state index is 0.121. The van der Waals surface area contributed by atoms with Gasteiger partial charge in [-0.2, -0.15) is 0 Å². The molecule has 0 aromatic carbocycles. The number of carbonyl (C=O) groups is 1. The molecule has 0 aliphatic heterocycles. The number of rotatable bonds is 2. The van der Waals surface area contributed by atoms with Crippen LogP contribution in [0.2, 0.25) is 0 Å². The van der Waals surface area contributed by atoms with Gasteiger partial charge in [0.2, 0.25) is 3.79 Å². The van der Waals surface area contributed by atoms with Crippen molar-refractivity contribution in [3.8, 4) is 6.01 Å². The molecule has 84 valence electrons. The molecule has 0 fully saturated rings. The normalized spacial score (nSPS) is 11.2. The van der Waals surface area contributed by atoms with E-state index >= 15 is 0 Å². The molecule has 1 rings (SSSR count). The first kappa shape index (κ1) is 12.3. The van der Waals surface area contributed by atoms with Crippen LogP contribution in [-0.2, 0) is 4.74 Å². The third kappa shape index (κ3) is 3.69. The highest BCUT2D eigenvalue weighted by Gasteiger charge is 2.24. The average molecular weight is 275 g/mol. The highest BCUT2D eigenvalue weighted by molar-refractivity contribution is 6.67. The number of hydrogen-bond acceptors (Lipinski definition) is 6.